The van der Waals surface area contributed by atoms with Gasteiger partial charge >= 0.3 is 0 Å². The van der Waals surface area contributed by atoms with Crippen LogP contribution in [0.15, 0.2) is 48.5 Å². The summed E-state index contributed by atoms with van der Waals surface area (Å²) >= 11 is 0. The quantitative estimate of drug-likeness (QED) is 0.670. The Kier molecular flexibility index (Phi) is 4.37. The summed E-state index contributed by atoms with van der Waals surface area (Å²) in [6.45, 7) is 0. The Morgan fingerprint density at radius 2 is 1.00 bits per heavy atom. The van der Waals surface area contributed by atoms with Crippen LogP contribution in [0.3, 0.4) is 0 Å². The zero-order valence-electron chi connectivity index (χ0n) is 12.9. The summed E-state index contributed by atoms with van der Waals surface area (Å²) in [6.07, 6.45) is 0.730. The number of nitrogens with one attached hydrogen (secondary N) is 2. The minimum Gasteiger partial charge on any atom is -0.508 e. The lowest BCUT2D eigenvalue weighted by Crippen LogP contribution is -2.62. The van der Waals surface area contributed by atoms with E-state index in [-0.39, 0.29) is 23.3 Å². The molecule has 0 radical (unpaired) electrons. The molecule has 24 heavy (non-hydrogen) atoms. The molecule has 1 heterocycles. The fourth-order valence-corrected chi connectivity index (χ4v) is 2.70. The first kappa shape index (κ1) is 15.9. The molecule has 2 aromatic rings. The van der Waals surface area contributed by atoms with E-state index < -0.39 is 12.1 Å². The molecule has 2 atom stereocenters. The van der Waals surface area contributed by atoms with Crippen molar-refractivity contribution in [2.75, 3.05) is 0 Å². The molecule has 0 bridgehead atoms. The van der Waals surface area contributed by atoms with Crippen LogP contribution in [-0.2, 0) is 22.4 Å². The number of rotatable bonds is 4. The van der Waals surface area contributed by atoms with Crippen LogP contribution in [0.1, 0.15) is 11.1 Å². The molecule has 1 aliphatic heterocycles. The maximum Gasteiger partial charge on any atom is 0.243 e. The number of hydrogen-bond donors (Lipinski definition) is 4. The number of phenolic OH excluding ortho intramolecular Hbond substituents is 2. The molecular formula is C18H18N2O4. The average molecular weight is 326 g/mol. The fourth-order valence-electron chi connectivity index (χ4n) is 2.70. The van der Waals surface area contributed by atoms with E-state index in [1.807, 2.05) is 0 Å². The van der Waals surface area contributed by atoms with Crippen LogP contribution in [0.25, 0.3) is 0 Å². The first-order valence-electron chi connectivity index (χ1n) is 7.68. The van der Waals surface area contributed by atoms with Crippen molar-refractivity contribution in [3.05, 3.63) is 59.7 Å². The van der Waals surface area contributed by atoms with Gasteiger partial charge in [-0.05, 0) is 35.4 Å². The third-order valence-corrected chi connectivity index (χ3v) is 4.02. The van der Waals surface area contributed by atoms with Crippen LogP contribution in [0.4, 0.5) is 0 Å². The standard InChI is InChI=1S/C18H18N2O4/c21-13-5-1-11(2-6-13)9-15-17(23)20-16(18(24)19-15)10-12-3-7-14(22)8-4-12/h1-8,15-16,21-22H,9-10H2,(H,19,24)(H,20,23)/t15-,16-/m0/s1. The average Bonchev–Trinajstić information content (AvgIpc) is 2.56. The smallest absolute Gasteiger partial charge is 0.243 e. The molecule has 0 unspecified atom stereocenters. The third-order valence-electron chi connectivity index (χ3n) is 4.02. The second-order valence-corrected chi connectivity index (χ2v) is 5.86. The van der Waals surface area contributed by atoms with Crippen LogP contribution >= 0.6 is 0 Å². The number of benzene rings is 2. The number of amides is 2. The second kappa shape index (κ2) is 6.62. The van der Waals surface area contributed by atoms with Gasteiger partial charge in [0.1, 0.15) is 23.6 Å². The molecule has 3 rings (SSSR count). The molecule has 1 fully saturated rings. The van der Waals surface area contributed by atoms with Crippen LogP contribution in [0, 0.1) is 0 Å². The molecular weight excluding hydrogens is 308 g/mol. The highest BCUT2D eigenvalue weighted by Gasteiger charge is 2.33. The van der Waals surface area contributed by atoms with Crippen molar-refractivity contribution < 1.29 is 19.8 Å². The Labute approximate surface area is 139 Å². The van der Waals surface area contributed by atoms with Gasteiger partial charge in [0.2, 0.25) is 11.8 Å². The van der Waals surface area contributed by atoms with E-state index in [4.69, 9.17) is 0 Å². The highest BCUT2D eigenvalue weighted by atomic mass is 16.3. The molecule has 124 valence electrons. The van der Waals surface area contributed by atoms with Crippen molar-refractivity contribution in [1.82, 2.24) is 10.6 Å². The van der Waals surface area contributed by atoms with E-state index >= 15 is 0 Å². The summed E-state index contributed by atoms with van der Waals surface area (Å²) in [5, 5.41) is 24.1. The Balaban J connectivity index is 1.63. The van der Waals surface area contributed by atoms with E-state index in [0.29, 0.717) is 12.8 Å². The van der Waals surface area contributed by atoms with Crippen molar-refractivity contribution in [3.63, 3.8) is 0 Å². The zero-order valence-corrected chi connectivity index (χ0v) is 12.9. The van der Waals surface area contributed by atoms with Gasteiger partial charge in [0.25, 0.3) is 0 Å². The Hall–Kier alpha value is -3.02. The molecule has 2 aromatic carbocycles. The van der Waals surface area contributed by atoms with Gasteiger partial charge in [-0.1, -0.05) is 24.3 Å². The lowest BCUT2D eigenvalue weighted by molar-refractivity contribution is -0.136. The number of carbonyl (C=O) groups excluding carboxylic acids is 2. The van der Waals surface area contributed by atoms with E-state index in [1.165, 1.54) is 0 Å². The number of aromatic hydroxyl groups is 2. The van der Waals surface area contributed by atoms with E-state index in [9.17, 15) is 19.8 Å². The van der Waals surface area contributed by atoms with Crippen molar-refractivity contribution >= 4 is 11.8 Å². The first-order valence-corrected chi connectivity index (χ1v) is 7.68. The van der Waals surface area contributed by atoms with Crippen molar-refractivity contribution in [1.29, 1.82) is 0 Å². The monoisotopic (exact) mass is 326 g/mol. The van der Waals surface area contributed by atoms with Crippen molar-refractivity contribution in [3.8, 4) is 11.5 Å². The minimum absolute atomic E-state index is 0.157. The number of piperazine rings is 1. The first-order chi connectivity index (χ1) is 11.5. The lowest BCUT2D eigenvalue weighted by atomic mass is 9.98. The summed E-state index contributed by atoms with van der Waals surface area (Å²) in [5.74, 6) is -0.146. The van der Waals surface area contributed by atoms with Gasteiger partial charge in [-0.25, -0.2) is 0 Å². The van der Waals surface area contributed by atoms with E-state index in [2.05, 4.69) is 10.6 Å². The van der Waals surface area contributed by atoms with Gasteiger partial charge in [0.05, 0.1) is 0 Å². The molecule has 1 aliphatic rings. The predicted molar refractivity (Wildman–Crippen MR) is 87.5 cm³/mol. The summed E-state index contributed by atoms with van der Waals surface area (Å²) in [7, 11) is 0. The third kappa shape index (κ3) is 3.65. The molecule has 0 aromatic heterocycles. The lowest BCUT2D eigenvalue weighted by Gasteiger charge is -2.29. The number of hydrogen-bond acceptors (Lipinski definition) is 4. The van der Waals surface area contributed by atoms with Crippen molar-refractivity contribution in [2.45, 2.75) is 24.9 Å². The summed E-state index contributed by atoms with van der Waals surface area (Å²) in [5.41, 5.74) is 1.70. The molecule has 2 amide bonds. The molecule has 0 spiro atoms. The highest BCUT2D eigenvalue weighted by Crippen LogP contribution is 2.15. The Morgan fingerprint density at radius 3 is 1.33 bits per heavy atom. The zero-order chi connectivity index (χ0) is 17.1. The van der Waals surface area contributed by atoms with Gasteiger partial charge < -0.3 is 20.8 Å². The maximum absolute atomic E-state index is 12.3. The van der Waals surface area contributed by atoms with Crippen LogP contribution in [0.2, 0.25) is 0 Å². The van der Waals surface area contributed by atoms with Gasteiger partial charge in [0, 0.05) is 12.8 Å². The summed E-state index contributed by atoms with van der Waals surface area (Å²) in [4.78, 5) is 24.5. The Morgan fingerprint density at radius 1 is 0.667 bits per heavy atom. The van der Waals surface area contributed by atoms with Crippen LogP contribution in [-0.4, -0.2) is 34.1 Å². The van der Waals surface area contributed by atoms with Crippen LogP contribution < -0.4 is 10.6 Å². The van der Waals surface area contributed by atoms with Crippen LogP contribution in [0.5, 0.6) is 11.5 Å². The molecule has 0 saturated carbocycles. The highest BCUT2D eigenvalue weighted by molar-refractivity contribution is 5.97. The van der Waals surface area contributed by atoms with Crippen molar-refractivity contribution in [2.24, 2.45) is 0 Å². The normalized spacial score (nSPS) is 20.3. The summed E-state index contributed by atoms with van der Waals surface area (Å²) in [6, 6.07) is 11.8. The van der Waals surface area contributed by atoms with E-state index in [0.717, 1.165) is 11.1 Å². The maximum atomic E-state index is 12.3. The van der Waals surface area contributed by atoms with Gasteiger partial charge in [-0.2, -0.15) is 0 Å². The molecule has 0 aliphatic carbocycles. The van der Waals surface area contributed by atoms with Gasteiger partial charge in [-0.3, -0.25) is 9.59 Å². The Bertz CT molecular complexity index is 675. The number of phenols is 2. The molecule has 1 saturated heterocycles. The van der Waals surface area contributed by atoms with Gasteiger partial charge in [0.15, 0.2) is 0 Å². The van der Waals surface area contributed by atoms with Gasteiger partial charge in [-0.15, -0.1) is 0 Å². The fraction of sp³-hybridized carbons (Fsp3) is 0.222. The van der Waals surface area contributed by atoms with E-state index in [1.54, 1.807) is 48.5 Å². The molecule has 6 nitrogen and oxygen atoms in total. The SMILES string of the molecule is O=C1N[C@@H](Cc2ccc(O)cc2)C(=O)N[C@H]1Cc1ccc(O)cc1. The second-order valence-electron chi connectivity index (χ2n) is 5.86. The number of carbonyl (C=O) groups is 2. The molecule has 6 heteroatoms. The largest absolute Gasteiger partial charge is 0.508 e. The topological polar surface area (TPSA) is 98.7 Å². The predicted octanol–water partition coefficient (Wildman–Crippen LogP) is 0.866. The molecule has 4 N–H and O–H groups in total. The minimum atomic E-state index is -0.627. The summed E-state index contributed by atoms with van der Waals surface area (Å²) < 4.78 is 0.